The molecule has 3 unspecified atom stereocenters. The van der Waals surface area contributed by atoms with Gasteiger partial charge in [0.25, 0.3) is 10.1 Å². The van der Waals surface area contributed by atoms with Crippen molar-refractivity contribution in [3.05, 3.63) is 53.6 Å². The quantitative estimate of drug-likeness (QED) is 0.112. The molecule has 4 N–H and O–H groups in total. The van der Waals surface area contributed by atoms with E-state index in [4.69, 9.17) is 4.55 Å². The van der Waals surface area contributed by atoms with Gasteiger partial charge in [0.1, 0.15) is 0 Å². The van der Waals surface area contributed by atoms with E-state index in [2.05, 4.69) is 64.8 Å². The number of hydrogen-bond donors (Lipinski definition) is 4. The minimum absolute atomic E-state index is 0.0473. The number of carboxylic acid groups (broad SMARTS) is 1. The molecule has 1 aromatic rings. The van der Waals surface area contributed by atoms with Crippen molar-refractivity contribution in [2.75, 3.05) is 25.4 Å². The highest BCUT2D eigenvalue weighted by Crippen LogP contribution is 2.77. The average molecular weight is 709 g/mol. The minimum atomic E-state index is -4.01. The van der Waals surface area contributed by atoms with Crippen molar-refractivity contribution < 1.29 is 27.7 Å². The molecular weight excluding hydrogens is 649 g/mol. The third-order valence-electron chi connectivity index (χ3n) is 15.7. The van der Waals surface area contributed by atoms with Crippen LogP contribution in [0.3, 0.4) is 0 Å². The van der Waals surface area contributed by atoms with Gasteiger partial charge in [-0.25, -0.2) is 4.79 Å². The summed E-state index contributed by atoms with van der Waals surface area (Å²) < 4.78 is 31.2. The molecule has 8 nitrogen and oxygen atoms in total. The number of fused-ring (bicyclic) bond motifs is 7. The zero-order valence-electron chi connectivity index (χ0n) is 31.1. The molecule has 6 rings (SSSR count). The van der Waals surface area contributed by atoms with Crippen LogP contribution in [-0.2, 0) is 14.9 Å². The van der Waals surface area contributed by atoms with Gasteiger partial charge in [0.2, 0.25) is 5.91 Å². The Labute approximate surface area is 300 Å². The molecule has 276 valence electrons. The number of hydrogen-bond acceptors (Lipinski definition) is 5. The van der Waals surface area contributed by atoms with E-state index in [1.54, 1.807) is 12.1 Å². The summed E-state index contributed by atoms with van der Waals surface area (Å²) in [6.45, 7) is 20.2. The number of carboxylic acids is 1. The van der Waals surface area contributed by atoms with Crippen molar-refractivity contribution in [1.29, 1.82) is 0 Å². The predicted molar refractivity (Wildman–Crippen MR) is 198 cm³/mol. The van der Waals surface area contributed by atoms with Crippen LogP contribution >= 0.6 is 0 Å². The van der Waals surface area contributed by atoms with Crippen LogP contribution in [0.1, 0.15) is 115 Å². The van der Waals surface area contributed by atoms with Gasteiger partial charge in [-0.1, -0.05) is 65.0 Å². The smallest absolute Gasteiger partial charge is 0.335 e. The SMILES string of the molecule is C=C(C)[C@@H]1CC[C@]2(C(=O)NCCNCCS(=O)(=O)O)CC[C@]3(C)[C@H](CCC4[C@@]5(C)CC=C(c6ccc(C(=O)O)cc6)C(C)(C)C5CC[C@]43C)C12. The molecule has 5 aliphatic carbocycles. The van der Waals surface area contributed by atoms with E-state index in [9.17, 15) is 23.1 Å². The highest BCUT2D eigenvalue weighted by Gasteiger charge is 2.71. The van der Waals surface area contributed by atoms with E-state index >= 15 is 0 Å². The lowest BCUT2D eigenvalue weighted by Crippen LogP contribution is -2.66. The summed E-state index contributed by atoms with van der Waals surface area (Å²) in [6, 6.07) is 7.45. The van der Waals surface area contributed by atoms with Crippen molar-refractivity contribution in [3.8, 4) is 0 Å². The van der Waals surface area contributed by atoms with Crippen LogP contribution < -0.4 is 10.6 Å². The van der Waals surface area contributed by atoms with Crippen LogP contribution in [0.2, 0.25) is 0 Å². The topological polar surface area (TPSA) is 133 Å². The molecule has 9 heteroatoms. The summed E-state index contributed by atoms with van der Waals surface area (Å²) in [6.07, 6.45) is 12.0. The molecule has 9 atom stereocenters. The van der Waals surface area contributed by atoms with Crippen molar-refractivity contribution in [2.45, 2.75) is 99.3 Å². The highest BCUT2D eigenvalue weighted by atomic mass is 32.2. The van der Waals surface area contributed by atoms with E-state index in [1.807, 2.05) is 12.1 Å². The molecular formula is C41H60N2O6S. The van der Waals surface area contributed by atoms with Gasteiger partial charge in [0.15, 0.2) is 0 Å². The first kappa shape index (κ1) is 37.3. The lowest BCUT2D eigenvalue weighted by molar-refractivity contribution is -0.225. The summed E-state index contributed by atoms with van der Waals surface area (Å²) in [4.78, 5) is 25.8. The fourth-order valence-electron chi connectivity index (χ4n) is 13.2. The van der Waals surface area contributed by atoms with Gasteiger partial charge in [-0.05, 0) is 139 Å². The van der Waals surface area contributed by atoms with Crippen molar-refractivity contribution >= 4 is 27.6 Å². The first-order chi connectivity index (χ1) is 23.3. The third-order valence-corrected chi connectivity index (χ3v) is 16.4. The molecule has 0 heterocycles. The normalized spacial score (nSPS) is 38.9. The molecule has 4 saturated carbocycles. The van der Waals surface area contributed by atoms with E-state index in [-0.39, 0.29) is 45.8 Å². The second-order valence-electron chi connectivity index (χ2n) is 18.1. The van der Waals surface area contributed by atoms with Gasteiger partial charge < -0.3 is 15.7 Å². The summed E-state index contributed by atoms with van der Waals surface area (Å²) in [7, 11) is -4.01. The molecule has 1 aromatic carbocycles. The van der Waals surface area contributed by atoms with Crippen LogP contribution in [0.5, 0.6) is 0 Å². The second kappa shape index (κ2) is 12.9. The molecule has 0 aliphatic heterocycles. The van der Waals surface area contributed by atoms with Crippen LogP contribution in [-0.4, -0.2) is 55.3 Å². The maximum Gasteiger partial charge on any atom is 0.335 e. The number of carbonyl (C=O) groups excluding carboxylic acids is 1. The predicted octanol–water partition coefficient (Wildman–Crippen LogP) is 7.63. The van der Waals surface area contributed by atoms with E-state index in [0.717, 1.165) is 50.5 Å². The Bertz CT molecular complexity index is 1670. The van der Waals surface area contributed by atoms with Crippen LogP contribution in [0.4, 0.5) is 0 Å². The molecule has 0 saturated heterocycles. The van der Waals surface area contributed by atoms with Gasteiger partial charge in [0, 0.05) is 19.6 Å². The number of rotatable bonds is 10. The zero-order chi connectivity index (χ0) is 36.5. The molecule has 50 heavy (non-hydrogen) atoms. The van der Waals surface area contributed by atoms with Gasteiger partial charge in [-0.2, -0.15) is 8.42 Å². The molecule has 0 aromatic heterocycles. The number of aromatic carboxylic acids is 1. The van der Waals surface area contributed by atoms with Crippen LogP contribution in [0.25, 0.3) is 5.57 Å². The maximum absolute atomic E-state index is 14.3. The largest absolute Gasteiger partial charge is 0.478 e. The van der Waals surface area contributed by atoms with E-state index in [1.165, 1.54) is 24.0 Å². The fraction of sp³-hybridized carbons (Fsp3) is 0.707. The monoisotopic (exact) mass is 708 g/mol. The average Bonchev–Trinajstić information content (AvgIpc) is 3.44. The Hall–Kier alpha value is -2.49. The highest BCUT2D eigenvalue weighted by molar-refractivity contribution is 7.85. The van der Waals surface area contributed by atoms with Crippen molar-refractivity contribution in [1.82, 2.24) is 10.6 Å². The lowest BCUT2D eigenvalue weighted by atomic mass is 9.32. The Morgan fingerprint density at radius 3 is 2.22 bits per heavy atom. The molecule has 0 bridgehead atoms. The zero-order valence-corrected chi connectivity index (χ0v) is 31.9. The standard InChI is InChI=1S/C41H60N2O6S/c1-26(2)29-14-19-41(36(46)43-23-22-42-24-25-50(47,48)49)21-20-39(6)31(34(29)41)12-13-33-38(5)17-15-30(27-8-10-28(11-9-27)35(44)45)37(3,4)32(38)16-18-40(33,39)7/h8-11,15,29,31-34,42H,1,12-14,16-25H2,2-7H3,(H,43,46)(H,44,45)(H,47,48,49)/t29-,31+,32?,33?,34?,38-,39+,40+,41-/m0/s1. The summed E-state index contributed by atoms with van der Waals surface area (Å²) in [5.74, 6) is 1.03. The van der Waals surface area contributed by atoms with Crippen LogP contribution in [0.15, 0.2) is 42.5 Å². The Balaban J connectivity index is 1.25. The Morgan fingerprint density at radius 1 is 0.880 bits per heavy atom. The van der Waals surface area contributed by atoms with E-state index in [0.29, 0.717) is 42.3 Å². The molecule has 1 amide bonds. The Morgan fingerprint density at radius 2 is 1.58 bits per heavy atom. The van der Waals surface area contributed by atoms with Crippen LogP contribution in [0, 0.1) is 56.7 Å². The first-order valence-corrected chi connectivity index (χ1v) is 20.6. The summed E-state index contributed by atoms with van der Waals surface area (Å²) in [5.41, 5.74) is 3.94. The number of benzene rings is 1. The molecule has 0 spiro atoms. The second-order valence-corrected chi connectivity index (χ2v) is 19.6. The number of nitrogens with one attached hydrogen (secondary N) is 2. The van der Waals surface area contributed by atoms with Crippen molar-refractivity contribution in [3.63, 3.8) is 0 Å². The van der Waals surface area contributed by atoms with Gasteiger partial charge in [0.05, 0.1) is 16.7 Å². The third kappa shape index (κ3) is 5.82. The van der Waals surface area contributed by atoms with Crippen molar-refractivity contribution in [2.24, 2.45) is 56.7 Å². The molecule has 5 aliphatic rings. The minimum Gasteiger partial charge on any atom is -0.478 e. The number of allylic oxidation sites excluding steroid dienone is 3. The molecule has 0 radical (unpaired) electrons. The Kier molecular flexibility index (Phi) is 9.60. The number of carbonyl (C=O) groups is 2. The fourth-order valence-corrected chi connectivity index (χ4v) is 13.6. The maximum atomic E-state index is 14.3. The van der Waals surface area contributed by atoms with Gasteiger partial charge in [-0.3, -0.25) is 9.35 Å². The number of amides is 1. The van der Waals surface area contributed by atoms with Gasteiger partial charge >= 0.3 is 5.97 Å². The summed E-state index contributed by atoms with van der Waals surface area (Å²) in [5, 5.41) is 15.7. The van der Waals surface area contributed by atoms with E-state index < -0.39 is 21.5 Å². The van der Waals surface area contributed by atoms with Gasteiger partial charge in [-0.15, -0.1) is 0 Å². The first-order valence-electron chi connectivity index (χ1n) is 19.0. The molecule has 4 fully saturated rings. The lowest BCUT2D eigenvalue weighted by Gasteiger charge is -2.72. The summed E-state index contributed by atoms with van der Waals surface area (Å²) >= 11 is 0.